The Morgan fingerprint density at radius 2 is 1.96 bits per heavy atom. The van der Waals surface area contributed by atoms with Crippen molar-refractivity contribution in [3.8, 4) is 0 Å². The highest BCUT2D eigenvalue weighted by Crippen LogP contribution is 2.29. The third kappa shape index (κ3) is 3.32. The summed E-state index contributed by atoms with van der Waals surface area (Å²) < 4.78 is 5.12. The fraction of sp³-hybridized carbons (Fsp3) is 0.706. The lowest BCUT2D eigenvalue weighted by Crippen LogP contribution is -2.38. The van der Waals surface area contributed by atoms with Gasteiger partial charge in [-0.2, -0.15) is 0 Å². The lowest BCUT2D eigenvalue weighted by molar-refractivity contribution is 0.169. The molecule has 0 spiro atoms. The fourth-order valence-electron chi connectivity index (χ4n) is 3.39. The third-order valence-electron chi connectivity index (χ3n) is 4.82. The molecule has 1 atom stereocenters. The van der Waals surface area contributed by atoms with Crippen molar-refractivity contribution in [2.24, 2.45) is 0 Å². The number of carbonyl (C=O) groups excluding carboxylic acids is 1. The maximum Gasteiger partial charge on any atom is 0.415 e. The van der Waals surface area contributed by atoms with E-state index in [1.54, 1.807) is 4.90 Å². The summed E-state index contributed by atoms with van der Waals surface area (Å²) in [5.74, 6) is 1.92. The van der Waals surface area contributed by atoms with Crippen LogP contribution in [-0.4, -0.2) is 52.7 Å². The van der Waals surface area contributed by atoms with E-state index in [9.17, 15) is 4.79 Å². The molecule has 3 rings (SSSR count). The summed E-state index contributed by atoms with van der Waals surface area (Å²) >= 11 is 0. The van der Waals surface area contributed by atoms with Gasteiger partial charge < -0.3 is 9.64 Å². The van der Waals surface area contributed by atoms with Gasteiger partial charge in [0.15, 0.2) is 0 Å². The number of carbonyl (C=O) groups is 1. The van der Waals surface area contributed by atoms with Crippen molar-refractivity contribution < 1.29 is 9.53 Å². The van der Waals surface area contributed by atoms with Gasteiger partial charge in [-0.25, -0.2) is 14.8 Å². The molecular weight excluding hydrogens is 292 g/mol. The fourth-order valence-corrected chi connectivity index (χ4v) is 3.39. The third-order valence-corrected chi connectivity index (χ3v) is 4.82. The molecule has 2 aliphatic heterocycles. The van der Waals surface area contributed by atoms with Crippen molar-refractivity contribution >= 4 is 11.9 Å². The molecule has 6 nitrogen and oxygen atoms in total. The molecule has 0 saturated carbocycles. The topological polar surface area (TPSA) is 58.6 Å². The lowest BCUT2D eigenvalue weighted by atomic mass is 9.95. The van der Waals surface area contributed by atoms with Gasteiger partial charge in [-0.05, 0) is 53.6 Å². The number of piperidine rings is 1. The van der Waals surface area contributed by atoms with E-state index < -0.39 is 0 Å². The van der Waals surface area contributed by atoms with Crippen molar-refractivity contribution in [1.29, 1.82) is 0 Å². The molecule has 23 heavy (non-hydrogen) atoms. The van der Waals surface area contributed by atoms with Crippen molar-refractivity contribution in [2.75, 3.05) is 24.6 Å². The van der Waals surface area contributed by atoms with Gasteiger partial charge >= 0.3 is 6.09 Å². The van der Waals surface area contributed by atoms with Crippen LogP contribution in [0.4, 0.5) is 10.6 Å². The molecule has 2 fully saturated rings. The van der Waals surface area contributed by atoms with Crippen molar-refractivity contribution in [3.63, 3.8) is 0 Å². The second-order valence-corrected chi connectivity index (χ2v) is 6.93. The van der Waals surface area contributed by atoms with Gasteiger partial charge in [-0.1, -0.05) is 0 Å². The maximum atomic E-state index is 11.9. The number of cyclic esters (lactones) is 1. The standard InChI is InChI=1S/C17H26N4O2/c1-11(2)20-7-5-14(6-8-20)16-18-12(3)9-15(19-16)21-13(4)10-23-17(21)22/h9,11,13-14H,5-8,10H2,1-4H3. The Morgan fingerprint density at radius 1 is 1.26 bits per heavy atom. The first-order chi connectivity index (χ1) is 11.0. The Hall–Kier alpha value is -1.69. The summed E-state index contributed by atoms with van der Waals surface area (Å²) in [6, 6.07) is 2.48. The first kappa shape index (κ1) is 16.2. The highest BCUT2D eigenvalue weighted by atomic mass is 16.6. The normalized spacial score (nSPS) is 23.6. The van der Waals surface area contributed by atoms with Gasteiger partial charge in [-0.3, -0.25) is 4.90 Å². The average Bonchev–Trinajstić information content (AvgIpc) is 2.85. The van der Waals surface area contributed by atoms with Crippen LogP contribution in [0.1, 0.15) is 51.0 Å². The molecule has 0 bridgehead atoms. The molecule has 2 saturated heterocycles. The Kier molecular flexibility index (Phi) is 4.53. The van der Waals surface area contributed by atoms with Crippen molar-refractivity contribution in [2.45, 2.75) is 58.5 Å². The maximum absolute atomic E-state index is 11.9. The predicted octanol–water partition coefficient (Wildman–Crippen LogP) is 2.72. The predicted molar refractivity (Wildman–Crippen MR) is 88.7 cm³/mol. The lowest BCUT2D eigenvalue weighted by Gasteiger charge is -2.34. The number of hydrogen-bond acceptors (Lipinski definition) is 5. The minimum absolute atomic E-state index is 0.0208. The van der Waals surface area contributed by atoms with Crippen LogP contribution in [0.25, 0.3) is 0 Å². The van der Waals surface area contributed by atoms with E-state index in [0.717, 1.165) is 37.4 Å². The van der Waals surface area contributed by atoms with E-state index in [0.29, 0.717) is 24.4 Å². The minimum atomic E-state index is -0.309. The zero-order valence-corrected chi connectivity index (χ0v) is 14.5. The number of amides is 1. The molecular formula is C17H26N4O2. The summed E-state index contributed by atoms with van der Waals surface area (Å²) in [4.78, 5) is 25.4. The number of aromatic nitrogens is 2. The van der Waals surface area contributed by atoms with E-state index >= 15 is 0 Å². The number of likely N-dealkylation sites (tertiary alicyclic amines) is 1. The molecule has 2 aliphatic rings. The quantitative estimate of drug-likeness (QED) is 0.857. The molecule has 126 valence electrons. The molecule has 6 heteroatoms. The van der Waals surface area contributed by atoms with Crippen LogP contribution in [0, 0.1) is 6.92 Å². The molecule has 3 heterocycles. The Labute approximate surface area is 137 Å². The van der Waals surface area contributed by atoms with E-state index in [1.807, 2.05) is 19.9 Å². The Morgan fingerprint density at radius 3 is 2.52 bits per heavy atom. The highest BCUT2D eigenvalue weighted by molar-refractivity contribution is 5.89. The van der Waals surface area contributed by atoms with Crippen molar-refractivity contribution in [1.82, 2.24) is 14.9 Å². The second kappa shape index (κ2) is 6.43. The molecule has 1 aromatic rings. The molecule has 0 aliphatic carbocycles. The molecule has 0 radical (unpaired) electrons. The average molecular weight is 318 g/mol. The molecule has 0 aromatic carbocycles. The van der Waals surface area contributed by atoms with Gasteiger partial charge in [0.2, 0.25) is 0 Å². The zero-order valence-electron chi connectivity index (χ0n) is 14.5. The summed E-state index contributed by atoms with van der Waals surface area (Å²) in [6.45, 7) is 11.0. The number of aryl methyl sites for hydroxylation is 1. The van der Waals surface area contributed by atoms with E-state index in [2.05, 4.69) is 23.7 Å². The molecule has 1 aromatic heterocycles. The summed E-state index contributed by atoms with van der Waals surface area (Å²) in [7, 11) is 0. The van der Waals surface area contributed by atoms with Crippen molar-refractivity contribution in [3.05, 3.63) is 17.6 Å². The van der Waals surface area contributed by atoms with Crippen LogP contribution >= 0.6 is 0 Å². The SMILES string of the molecule is Cc1cc(N2C(=O)OCC2C)nc(C2CCN(C(C)C)CC2)n1. The number of rotatable bonds is 3. The van der Waals surface area contributed by atoms with Gasteiger partial charge in [0.1, 0.15) is 18.2 Å². The smallest absolute Gasteiger partial charge is 0.415 e. The number of nitrogens with zero attached hydrogens (tertiary/aromatic N) is 4. The van der Waals surface area contributed by atoms with E-state index in [4.69, 9.17) is 9.72 Å². The van der Waals surface area contributed by atoms with Crippen LogP contribution in [-0.2, 0) is 4.74 Å². The first-order valence-electron chi connectivity index (χ1n) is 8.51. The molecule has 0 N–H and O–H groups in total. The monoisotopic (exact) mass is 318 g/mol. The summed E-state index contributed by atoms with van der Waals surface area (Å²) in [5, 5.41) is 0. The molecule has 1 amide bonds. The van der Waals surface area contributed by atoms with Crippen LogP contribution < -0.4 is 4.90 Å². The number of anilines is 1. The van der Waals surface area contributed by atoms with Crippen LogP contribution in [0.5, 0.6) is 0 Å². The van der Waals surface area contributed by atoms with Crippen LogP contribution in [0.2, 0.25) is 0 Å². The zero-order chi connectivity index (χ0) is 16.6. The Balaban J connectivity index is 1.80. The molecule has 1 unspecified atom stereocenters. The van der Waals surface area contributed by atoms with E-state index in [-0.39, 0.29) is 12.1 Å². The number of ether oxygens (including phenoxy) is 1. The summed E-state index contributed by atoms with van der Waals surface area (Å²) in [6.07, 6.45) is 1.83. The van der Waals surface area contributed by atoms with Gasteiger partial charge in [-0.15, -0.1) is 0 Å². The van der Waals surface area contributed by atoms with Gasteiger partial charge in [0, 0.05) is 23.7 Å². The largest absolute Gasteiger partial charge is 0.447 e. The van der Waals surface area contributed by atoms with Crippen LogP contribution in [0.15, 0.2) is 6.07 Å². The Bertz CT molecular complexity index is 582. The van der Waals surface area contributed by atoms with Gasteiger partial charge in [0.05, 0.1) is 6.04 Å². The van der Waals surface area contributed by atoms with Gasteiger partial charge in [0.25, 0.3) is 0 Å². The highest BCUT2D eigenvalue weighted by Gasteiger charge is 2.33. The number of hydrogen-bond donors (Lipinski definition) is 0. The second-order valence-electron chi connectivity index (χ2n) is 6.93. The van der Waals surface area contributed by atoms with Crippen LogP contribution in [0.3, 0.4) is 0 Å². The summed E-state index contributed by atoms with van der Waals surface area (Å²) in [5.41, 5.74) is 0.906. The first-order valence-corrected chi connectivity index (χ1v) is 8.51. The minimum Gasteiger partial charge on any atom is -0.447 e. The van der Waals surface area contributed by atoms with E-state index in [1.165, 1.54) is 0 Å².